The number of H-pyrrole nitrogens is 2. The van der Waals surface area contributed by atoms with Gasteiger partial charge in [0.15, 0.2) is 5.82 Å². The Morgan fingerprint density at radius 1 is 0.974 bits per heavy atom. The summed E-state index contributed by atoms with van der Waals surface area (Å²) in [6, 6.07) is 11.0. The minimum Gasteiger partial charge on any atom is -0.358 e. The molecule has 6 rings (SSSR count). The fourth-order valence-electron chi connectivity index (χ4n) is 4.77. The van der Waals surface area contributed by atoms with Gasteiger partial charge in [-0.05, 0) is 48.2 Å². The monoisotopic (exact) mass is 518 g/mol. The summed E-state index contributed by atoms with van der Waals surface area (Å²) in [5.74, 6) is 0.0345. The molecule has 0 saturated carbocycles. The van der Waals surface area contributed by atoms with Crippen LogP contribution in [0.1, 0.15) is 27.2 Å². The number of fused-ring (bicyclic) bond motifs is 2. The van der Waals surface area contributed by atoms with Gasteiger partial charge in [-0.3, -0.25) is 20.1 Å². The highest BCUT2D eigenvalue weighted by Gasteiger charge is 2.21. The first kappa shape index (κ1) is 24.4. The van der Waals surface area contributed by atoms with Crippen LogP contribution in [0.3, 0.4) is 0 Å². The summed E-state index contributed by atoms with van der Waals surface area (Å²) in [5, 5.41) is 11.0. The van der Waals surface area contributed by atoms with E-state index in [1.165, 1.54) is 0 Å². The van der Waals surface area contributed by atoms with Gasteiger partial charge in [0.2, 0.25) is 0 Å². The maximum absolute atomic E-state index is 16.2. The average Bonchev–Trinajstić information content (AvgIpc) is 3.53. The van der Waals surface area contributed by atoms with Crippen molar-refractivity contribution in [1.82, 2.24) is 35.1 Å². The van der Waals surface area contributed by atoms with E-state index in [0.29, 0.717) is 44.8 Å². The second-order valence-electron chi connectivity index (χ2n) is 10.7. The topological polar surface area (TPSA) is 108 Å². The van der Waals surface area contributed by atoms with Crippen LogP contribution in [0.25, 0.3) is 55.8 Å². The van der Waals surface area contributed by atoms with Gasteiger partial charge in [0.05, 0.1) is 34.0 Å². The maximum Gasteiger partial charge on any atom is 0.159 e. The third-order valence-electron chi connectivity index (χ3n) is 6.34. The van der Waals surface area contributed by atoms with E-state index in [4.69, 9.17) is 4.98 Å². The minimum atomic E-state index is -0.408. The summed E-state index contributed by atoms with van der Waals surface area (Å²) in [5.41, 5.74) is 6.68. The van der Waals surface area contributed by atoms with Gasteiger partial charge in [-0.1, -0.05) is 27.4 Å². The van der Waals surface area contributed by atoms with Crippen LogP contribution in [0, 0.1) is 11.2 Å². The Morgan fingerprint density at radius 2 is 1.82 bits per heavy atom. The summed E-state index contributed by atoms with van der Waals surface area (Å²) < 4.78 is 16.2. The number of halogens is 1. The molecule has 0 bridgehead atoms. The van der Waals surface area contributed by atoms with E-state index >= 15 is 4.39 Å². The van der Waals surface area contributed by atoms with Crippen molar-refractivity contribution in [2.45, 2.75) is 27.2 Å². The van der Waals surface area contributed by atoms with E-state index in [1.54, 1.807) is 37.1 Å². The molecule has 5 aromatic heterocycles. The molecule has 8 nitrogen and oxygen atoms in total. The molecular weight excluding hydrogens is 491 g/mol. The molecular formula is C30H27FN8. The van der Waals surface area contributed by atoms with Crippen LogP contribution in [0.15, 0.2) is 79.7 Å². The number of allylic oxidation sites excluding steroid dienone is 1. The van der Waals surface area contributed by atoms with Crippen molar-refractivity contribution in [3.63, 3.8) is 0 Å². The zero-order chi connectivity index (χ0) is 27.1. The molecule has 0 spiro atoms. The zero-order valence-corrected chi connectivity index (χ0v) is 21.9. The smallest absolute Gasteiger partial charge is 0.159 e. The van der Waals surface area contributed by atoms with Gasteiger partial charge in [0, 0.05) is 47.2 Å². The number of benzene rings is 1. The third kappa shape index (κ3) is 4.74. The largest absolute Gasteiger partial charge is 0.358 e. The number of nitrogens with zero attached hydrogens (tertiary/aromatic N) is 5. The second-order valence-corrected chi connectivity index (χ2v) is 10.7. The number of imidazole rings is 1. The highest BCUT2D eigenvalue weighted by molar-refractivity contribution is 5.98. The van der Waals surface area contributed by atoms with Crippen LogP contribution in [-0.4, -0.2) is 35.1 Å². The van der Waals surface area contributed by atoms with E-state index in [0.717, 1.165) is 28.9 Å². The maximum atomic E-state index is 16.2. The Hall–Kier alpha value is -4.92. The standard InChI is InChI=1S/C30H27FN8/c1-17(13-30(2,3)4)35-20-12-19(15-33-16-20)21-7-8-22-24(25(21)31)28(39-38-22)29-36-23-9-11-34-26(27(23)37-29)18-6-5-10-32-14-18/h5-12,14-16,35H,1,13H2,2-4H3,(H,36,37)(H,38,39). The molecule has 1 aromatic carbocycles. The number of rotatable bonds is 6. The Bertz CT molecular complexity index is 1830. The lowest BCUT2D eigenvalue weighted by molar-refractivity contribution is 0.411. The molecule has 0 atom stereocenters. The molecule has 3 N–H and O–H groups in total. The van der Waals surface area contributed by atoms with Gasteiger partial charge in [0.25, 0.3) is 0 Å². The summed E-state index contributed by atoms with van der Waals surface area (Å²) >= 11 is 0. The molecule has 39 heavy (non-hydrogen) atoms. The number of nitrogens with one attached hydrogen (secondary N) is 3. The number of hydrogen-bond acceptors (Lipinski definition) is 6. The molecule has 5 heterocycles. The summed E-state index contributed by atoms with van der Waals surface area (Å²) in [6.45, 7) is 10.6. The number of aromatic amines is 2. The van der Waals surface area contributed by atoms with Crippen LogP contribution in [0.5, 0.6) is 0 Å². The van der Waals surface area contributed by atoms with Gasteiger partial charge >= 0.3 is 0 Å². The molecule has 194 valence electrons. The molecule has 0 radical (unpaired) electrons. The fraction of sp³-hybridized carbons (Fsp3) is 0.167. The van der Waals surface area contributed by atoms with E-state index in [1.807, 2.05) is 30.3 Å². The van der Waals surface area contributed by atoms with E-state index in [-0.39, 0.29) is 5.41 Å². The van der Waals surface area contributed by atoms with Crippen LogP contribution < -0.4 is 5.32 Å². The Balaban J connectivity index is 1.40. The summed E-state index contributed by atoms with van der Waals surface area (Å²) in [4.78, 5) is 21.1. The molecule has 0 aliphatic carbocycles. The fourth-order valence-corrected chi connectivity index (χ4v) is 4.77. The van der Waals surface area contributed by atoms with Crippen molar-refractivity contribution in [3.8, 4) is 33.9 Å². The highest BCUT2D eigenvalue weighted by atomic mass is 19.1. The lowest BCUT2D eigenvalue weighted by atomic mass is 9.91. The van der Waals surface area contributed by atoms with E-state index in [9.17, 15) is 0 Å². The van der Waals surface area contributed by atoms with Gasteiger partial charge in [-0.25, -0.2) is 9.37 Å². The van der Waals surface area contributed by atoms with Crippen LogP contribution in [0.4, 0.5) is 10.1 Å². The van der Waals surface area contributed by atoms with Crippen molar-refractivity contribution in [3.05, 3.63) is 85.5 Å². The van der Waals surface area contributed by atoms with Gasteiger partial charge in [-0.15, -0.1) is 0 Å². The predicted octanol–water partition coefficient (Wildman–Crippen LogP) is 7.13. The molecule has 0 aliphatic rings. The zero-order valence-electron chi connectivity index (χ0n) is 21.9. The quantitative estimate of drug-likeness (QED) is 0.217. The number of pyridine rings is 3. The molecule has 0 fully saturated rings. The normalized spacial score (nSPS) is 11.8. The van der Waals surface area contributed by atoms with Crippen LogP contribution in [0.2, 0.25) is 0 Å². The summed E-state index contributed by atoms with van der Waals surface area (Å²) in [6.07, 6.45) is 9.30. The first-order valence-electron chi connectivity index (χ1n) is 12.6. The lowest BCUT2D eigenvalue weighted by Gasteiger charge is -2.20. The van der Waals surface area contributed by atoms with Crippen molar-refractivity contribution in [2.75, 3.05) is 5.32 Å². The second kappa shape index (κ2) is 9.43. The molecule has 0 saturated heterocycles. The number of aromatic nitrogens is 7. The van der Waals surface area contributed by atoms with E-state index in [2.05, 4.69) is 62.8 Å². The highest BCUT2D eigenvalue weighted by Crippen LogP contribution is 2.35. The number of anilines is 1. The van der Waals surface area contributed by atoms with Gasteiger partial charge < -0.3 is 10.3 Å². The molecule has 0 aliphatic heterocycles. The average molecular weight is 519 g/mol. The third-order valence-corrected chi connectivity index (χ3v) is 6.34. The van der Waals surface area contributed by atoms with Crippen molar-refractivity contribution in [2.24, 2.45) is 5.41 Å². The predicted molar refractivity (Wildman–Crippen MR) is 152 cm³/mol. The van der Waals surface area contributed by atoms with E-state index < -0.39 is 5.82 Å². The first-order valence-corrected chi connectivity index (χ1v) is 12.6. The molecule has 6 aromatic rings. The SMILES string of the molecule is C=C(CC(C)(C)C)Nc1cncc(-c2ccc3[nH]nc(-c4nc5c(-c6cccnc6)nccc5[nH]4)c3c2F)c1. The Morgan fingerprint density at radius 3 is 2.62 bits per heavy atom. The lowest BCUT2D eigenvalue weighted by Crippen LogP contribution is -2.10. The number of hydrogen-bond donors (Lipinski definition) is 3. The minimum absolute atomic E-state index is 0.0927. The van der Waals surface area contributed by atoms with Crippen molar-refractivity contribution < 1.29 is 4.39 Å². The molecule has 0 amide bonds. The van der Waals surface area contributed by atoms with Gasteiger partial charge in [-0.2, -0.15) is 5.10 Å². The Labute approximate surface area is 224 Å². The van der Waals surface area contributed by atoms with Crippen molar-refractivity contribution in [1.29, 1.82) is 0 Å². The van der Waals surface area contributed by atoms with Crippen molar-refractivity contribution >= 4 is 27.6 Å². The Kier molecular flexibility index (Phi) is 5.91. The molecule has 0 unspecified atom stereocenters. The summed E-state index contributed by atoms with van der Waals surface area (Å²) in [7, 11) is 0. The van der Waals surface area contributed by atoms with Gasteiger partial charge in [0.1, 0.15) is 17.0 Å². The first-order chi connectivity index (χ1) is 18.8. The van der Waals surface area contributed by atoms with Crippen LogP contribution >= 0.6 is 0 Å². The molecule has 9 heteroatoms. The van der Waals surface area contributed by atoms with Crippen LogP contribution in [-0.2, 0) is 0 Å².